The van der Waals surface area contributed by atoms with E-state index in [0.29, 0.717) is 5.82 Å². The second-order valence-corrected chi connectivity index (χ2v) is 5.12. The molecule has 0 radical (unpaired) electrons. The molecule has 0 saturated heterocycles. The Balaban J connectivity index is 2.20. The molecule has 0 unspecified atom stereocenters. The number of aliphatic imine (C=N–C) groups is 2. The Morgan fingerprint density at radius 1 is 1.17 bits per heavy atom. The molecule has 0 bridgehead atoms. The van der Waals surface area contributed by atoms with Gasteiger partial charge >= 0.3 is 0 Å². The van der Waals surface area contributed by atoms with Gasteiger partial charge in [0.2, 0.25) is 0 Å². The molecule has 1 N–H and O–H groups in total. The Hall–Kier alpha value is -1.94. The van der Waals surface area contributed by atoms with E-state index >= 15 is 0 Å². The first-order chi connectivity index (χ1) is 8.47. The standard InChI is InChI=1S/C14H17N3O/c1-14(2,3)17(18)10-13-15-9-12(16-13)11-7-5-4-6-8-11/h4-10,18H,1-3H3/b13-10+. The smallest absolute Gasteiger partial charge is 0.171 e. The fourth-order valence-corrected chi connectivity index (χ4v) is 1.42. The molecule has 0 atom stereocenters. The average Bonchev–Trinajstić information content (AvgIpc) is 2.77. The van der Waals surface area contributed by atoms with Crippen molar-refractivity contribution < 1.29 is 5.21 Å². The van der Waals surface area contributed by atoms with Gasteiger partial charge in [0.15, 0.2) is 5.82 Å². The average molecular weight is 243 g/mol. The Labute approximate surface area is 107 Å². The summed E-state index contributed by atoms with van der Waals surface area (Å²) in [4.78, 5) is 8.54. The van der Waals surface area contributed by atoms with E-state index in [1.165, 1.54) is 6.20 Å². The first-order valence-electron chi connectivity index (χ1n) is 5.85. The zero-order chi connectivity index (χ0) is 13.2. The van der Waals surface area contributed by atoms with Crippen LogP contribution < -0.4 is 0 Å². The third kappa shape index (κ3) is 2.84. The lowest BCUT2D eigenvalue weighted by atomic mass is 10.1. The number of rotatable bonds is 2. The highest BCUT2D eigenvalue weighted by molar-refractivity contribution is 6.39. The van der Waals surface area contributed by atoms with E-state index in [1.54, 1.807) is 6.21 Å². The van der Waals surface area contributed by atoms with Crippen molar-refractivity contribution in [3.63, 3.8) is 0 Å². The fourth-order valence-electron chi connectivity index (χ4n) is 1.42. The topological polar surface area (TPSA) is 48.2 Å². The molecule has 0 aliphatic carbocycles. The van der Waals surface area contributed by atoms with Crippen molar-refractivity contribution >= 4 is 11.9 Å². The number of hydrogen-bond acceptors (Lipinski definition) is 4. The summed E-state index contributed by atoms with van der Waals surface area (Å²) in [6, 6.07) is 9.84. The molecule has 1 aromatic rings. The van der Waals surface area contributed by atoms with Crippen LogP contribution in [0.15, 0.2) is 52.3 Å². The second-order valence-electron chi connectivity index (χ2n) is 5.12. The highest BCUT2D eigenvalue weighted by Gasteiger charge is 2.18. The van der Waals surface area contributed by atoms with E-state index in [0.717, 1.165) is 16.3 Å². The number of hydrogen-bond donors (Lipinski definition) is 1. The number of hydroxylamine groups is 2. The lowest BCUT2D eigenvalue weighted by Gasteiger charge is -2.27. The molecule has 4 heteroatoms. The van der Waals surface area contributed by atoms with Gasteiger partial charge in [0.1, 0.15) is 0 Å². The molecule has 1 heterocycles. The van der Waals surface area contributed by atoms with Crippen LogP contribution in [-0.2, 0) is 0 Å². The zero-order valence-corrected chi connectivity index (χ0v) is 10.8. The third-order valence-electron chi connectivity index (χ3n) is 2.55. The van der Waals surface area contributed by atoms with Gasteiger partial charge in [-0.25, -0.2) is 9.98 Å². The molecule has 1 aromatic carbocycles. The van der Waals surface area contributed by atoms with Crippen molar-refractivity contribution in [3.05, 3.63) is 47.9 Å². The summed E-state index contributed by atoms with van der Waals surface area (Å²) in [7, 11) is 0. The Morgan fingerprint density at radius 3 is 2.44 bits per heavy atom. The van der Waals surface area contributed by atoms with Crippen LogP contribution in [0.4, 0.5) is 0 Å². The van der Waals surface area contributed by atoms with Gasteiger partial charge in [0.05, 0.1) is 23.7 Å². The van der Waals surface area contributed by atoms with Crippen molar-refractivity contribution in [1.82, 2.24) is 5.06 Å². The Morgan fingerprint density at radius 2 is 1.83 bits per heavy atom. The first-order valence-corrected chi connectivity index (χ1v) is 5.85. The van der Waals surface area contributed by atoms with Gasteiger partial charge in [0.25, 0.3) is 0 Å². The molecular weight excluding hydrogens is 226 g/mol. The van der Waals surface area contributed by atoms with E-state index in [4.69, 9.17) is 0 Å². The Kier molecular flexibility index (Phi) is 3.30. The lowest BCUT2D eigenvalue weighted by Crippen LogP contribution is -2.34. The van der Waals surface area contributed by atoms with Crippen molar-refractivity contribution in [2.45, 2.75) is 26.3 Å². The highest BCUT2D eigenvalue weighted by atomic mass is 16.5. The maximum atomic E-state index is 9.82. The van der Waals surface area contributed by atoms with Gasteiger partial charge in [-0.2, -0.15) is 0 Å². The summed E-state index contributed by atoms with van der Waals surface area (Å²) >= 11 is 0. The molecule has 18 heavy (non-hydrogen) atoms. The first kappa shape index (κ1) is 12.5. The highest BCUT2D eigenvalue weighted by Crippen LogP contribution is 2.16. The predicted octanol–water partition coefficient (Wildman–Crippen LogP) is 2.85. The molecule has 0 spiro atoms. The SMILES string of the molecule is CC(C)(C)N(O)/C=C1\N=CC(c2ccccc2)=N1. The molecule has 2 rings (SSSR count). The van der Waals surface area contributed by atoms with Gasteiger partial charge < -0.3 is 0 Å². The molecule has 94 valence electrons. The van der Waals surface area contributed by atoms with Gasteiger partial charge in [-0.3, -0.25) is 10.3 Å². The quantitative estimate of drug-likeness (QED) is 0.812. The van der Waals surface area contributed by atoms with E-state index in [1.807, 2.05) is 51.1 Å². The number of benzene rings is 1. The van der Waals surface area contributed by atoms with Crippen LogP contribution in [0.1, 0.15) is 26.3 Å². The fraction of sp³-hybridized carbons (Fsp3) is 0.286. The minimum absolute atomic E-state index is 0.368. The summed E-state index contributed by atoms with van der Waals surface area (Å²) in [6.07, 6.45) is 3.24. The van der Waals surface area contributed by atoms with Gasteiger partial charge in [-0.15, -0.1) is 0 Å². The van der Waals surface area contributed by atoms with E-state index in [2.05, 4.69) is 9.98 Å². The molecule has 0 amide bonds. The van der Waals surface area contributed by atoms with Crippen LogP contribution in [0.25, 0.3) is 0 Å². The van der Waals surface area contributed by atoms with Gasteiger partial charge in [0, 0.05) is 5.56 Å². The molecule has 0 aromatic heterocycles. The minimum atomic E-state index is -0.368. The van der Waals surface area contributed by atoms with Crippen LogP contribution in [0.5, 0.6) is 0 Å². The van der Waals surface area contributed by atoms with Crippen molar-refractivity contribution in [3.8, 4) is 0 Å². The molecule has 0 fully saturated rings. The largest absolute Gasteiger partial charge is 0.288 e. The maximum Gasteiger partial charge on any atom is 0.171 e. The van der Waals surface area contributed by atoms with E-state index in [9.17, 15) is 5.21 Å². The van der Waals surface area contributed by atoms with Crippen molar-refractivity contribution in [2.75, 3.05) is 0 Å². The lowest BCUT2D eigenvalue weighted by molar-refractivity contribution is -0.110. The van der Waals surface area contributed by atoms with Crippen molar-refractivity contribution in [2.24, 2.45) is 9.98 Å². The summed E-state index contributed by atoms with van der Waals surface area (Å²) in [5.74, 6) is 0.506. The summed E-state index contributed by atoms with van der Waals surface area (Å²) in [5.41, 5.74) is 1.46. The zero-order valence-electron chi connectivity index (χ0n) is 10.8. The van der Waals surface area contributed by atoms with E-state index < -0.39 is 0 Å². The van der Waals surface area contributed by atoms with Crippen LogP contribution in [0, 0.1) is 0 Å². The van der Waals surface area contributed by atoms with Gasteiger partial charge in [-0.05, 0) is 20.8 Å². The predicted molar refractivity (Wildman–Crippen MR) is 72.9 cm³/mol. The maximum absolute atomic E-state index is 9.82. The molecular formula is C14H17N3O. The molecule has 0 saturated carbocycles. The monoisotopic (exact) mass is 243 g/mol. The van der Waals surface area contributed by atoms with Crippen molar-refractivity contribution in [1.29, 1.82) is 0 Å². The molecule has 1 aliphatic rings. The minimum Gasteiger partial charge on any atom is -0.288 e. The molecule has 1 aliphatic heterocycles. The second kappa shape index (κ2) is 4.74. The Bertz CT molecular complexity index is 510. The summed E-state index contributed by atoms with van der Waals surface area (Å²) < 4.78 is 0. The normalized spacial score (nSPS) is 17.1. The van der Waals surface area contributed by atoms with Crippen LogP contribution in [0.2, 0.25) is 0 Å². The summed E-state index contributed by atoms with van der Waals surface area (Å²) in [6.45, 7) is 5.72. The van der Waals surface area contributed by atoms with Crippen LogP contribution >= 0.6 is 0 Å². The van der Waals surface area contributed by atoms with Crippen LogP contribution in [-0.4, -0.2) is 27.7 Å². The summed E-state index contributed by atoms with van der Waals surface area (Å²) in [5, 5.41) is 10.9. The molecule has 4 nitrogen and oxygen atoms in total. The van der Waals surface area contributed by atoms with E-state index in [-0.39, 0.29) is 5.54 Å². The van der Waals surface area contributed by atoms with Gasteiger partial charge in [-0.1, -0.05) is 30.3 Å². The third-order valence-corrected chi connectivity index (χ3v) is 2.55. The number of nitrogens with zero attached hydrogens (tertiary/aromatic N) is 3. The van der Waals surface area contributed by atoms with Crippen LogP contribution in [0.3, 0.4) is 0 Å².